The number of Topliss-reactive ketones (excluding diaryl/α,β-unsaturated/α-hetero) is 1. The maximum absolute atomic E-state index is 12.1. The smallest absolute Gasteiger partial charge is 0.164 e. The lowest BCUT2D eigenvalue weighted by atomic mass is 9.84. The normalized spacial score (nSPS) is 13.1. The van der Waals surface area contributed by atoms with Crippen LogP contribution in [0.25, 0.3) is 0 Å². The highest BCUT2D eigenvalue weighted by Gasteiger charge is 2.23. The Balaban J connectivity index is 2.63. The van der Waals surface area contributed by atoms with E-state index in [4.69, 9.17) is 10.5 Å². The van der Waals surface area contributed by atoms with Gasteiger partial charge in [0.2, 0.25) is 0 Å². The molecule has 0 aliphatic heterocycles. The summed E-state index contributed by atoms with van der Waals surface area (Å²) in [7, 11) is 0. The van der Waals surface area contributed by atoms with Gasteiger partial charge < -0.3 is 10.5 Å². The average molecular weight is 263 g/mol. The Bertz CT molecular complexity index is 404. The zero-order chi connectivity index (χ0) is 14.5. The molecule has 3 heteroatoms. The van der Waals surface area contributed by atoms with Gasteiger partial charge in [0.1, 0.15) is 5.75 Å². The second-order valence-electron chi connectivity index (χ2n) is 5.97. The Hall–Kier alpha value is -1.35. The van der Waals surface area contributed by atoms with Crippen LogP contribution in [0.5, 0.6) is 5.75 Å². The quantitative estimate of drug-likeness (QED) is 0.800. The summed E-state index contributed by atoms with van der Waals surface area (Å²) in [5.41, 5.74) is 6.68. The fraction of sp³-hybridized carbons (Fsp3) is 0.562. The standard InChI is InChI=1S/C16H25NO2/c1-5-10-19-13-8-6-12(7-9-13)14(18)11-15(17)16(2,3)4/h6-9,15H,5,10-11,17H2,1-4H3. The summed E-state index contributed by atoms with van der Waals surface area (Å²) in [4.78, 5) is 12.1. The third-order valence-electron chi connectivity index (χ3n) is 3.17. The van der Waals surface area contributed by atoms with Crippen molar-refractivity contribution < 1.29 is 9.53 Å². The molecule has 0 aromatic heterocycles. The van der Waals surface area contributed by atoms with Crippen molar-refractivity contribution in [1.82, 2.24) is 0 Å². The molecule has 0 spiro atoms. The molecule has 0 amide bonds. The topological polar surface area (TPSA) is 52.3 Å². The molecule has 0 saturated carbocycles. The van der Waals surface area contributed by atoms with E-state index >= 15 is 0 Å². The highest BCUT2D eigenvalue weighted by molar-refractivity contribution is 5.96. The highest BCUT2D eigenvalue weighted by Crippen LogP contribution is 2.22. The highest BCUT2D eigenvalue weighted by atomic mass is 16.5. The summed E-state index contributed by atoms with van der Waals surface area (Å²) in [5.74, 6) is 0.892. The predicted molar refractivity (Wildman–Crippen MR) is 78.6 cm³/mol. The van der Waals surface area contributed by atoms with Gasteiger partial charge in [-0.05, 0) is 36.1 Å². The lowest BCUT2D eigenvalue weighted by Crippen LogP contribution is -2.36. The molecule has 0 radical (unpaired) electrons. The van der Waals surface area contributed by atoms with Gasteiger partial charge in [-0.25, -0.2) is 0 Å². The summed E-state index contributed by atoms with van der Waals surface area (Å²) in [6.07, 6.45) is 1.35. The zero-order valence-electron chi connectivity index (χ0n) is 12.4. The first-order valence-corrected chi connectivity index (χ1v) is 6.86. The van der Waals surface area contributed by atoms with Crippen LogP contribution >= 0.6 is 0 Å². The largest absolute Gasteiger partial charge is 0.494 e. The number of hydrogen-bond acceptors (Lipinski definition) is 3. The molecule has 0 bridgehead atoms. The van der Waals surface area contributed by atoms with Gasteiger partial charge in [-0.3, -0.25) is 4.79 Å². The molecule has 0 aliphatic carbocycles. The molecule has 2 N–H and O–H groups in total. The monoisotopic (exact) mass is 263 g/mol. The van der Waals surface area contributed by atoms with E-state index in [1.807, 2.05) is 45.0 Å². The summed E-state index contributed by atoms with van der Waals surface area (Å²) < 4.78 is 5.49. The molecule has 1 aromatic carbocycles. The number of benzene rings is 1. The molecule has 1 atom stereocenters. The minimum Gasteiger partial charge on any atom is -0.494 e. The van der Waals surface area contributed by atoms with Crippen LogP contribution in [0.15, 0.2) is 24.3 Å². The number of carbonyl (C=O) groups is 1. The van der Waals surface area contributed by atoms with Crippen LogP contribution in [0.1, 0.15) is 50.9 Å². The minimum atomic E-state index is -0.129. The first kappa shape index (κ1) is 15.7. The Morgan fingerprint density at radius 1 is 1.26 bits per heavy atom. The van der Waals surface area contributed by atoms with Crippen molar-refractivity contribution >= 4 is 5.78 Å². The van der Waals surface area contributed by atoms with Crippen LogP contribution < -0.4 is 10.5 Å². The van der Waals surface area contributed by atoms with Gasteiger partial charge in [0.15, 0.2) is 5.78 Å². The third kappa shape index (κ3) is 5.03. The molecule has 0 saturated heterocycles. The van der Waals surface area contributed by atoms with Crippen LogP contribution in [0, 0.1) is 5.41 Å². The van der Waals surface area contributed by atoms with Gasteiger partial charge in [-0.2, -0.15) is 0 Å². The number of ether oxygens (including phenoxy) is 1. The molecule has 19 heavy (non-hydrogen) atoms. The molecule has 1 unspecified atom stereocenters. The molecular weight excluding hydrogens is 238 g/mol. The van der Waals surface area contributed by atoms with Crippen LogP contribution in [-0.2, 0) is 0 Å². The van der Waals surface area contributed by atoms with Crippen molar-refractivity contribution in [3.63, 3.8) is 0 Å². The lowest BCUT2D eigenvalue weighted by Gasteiger charge is -2.26. The van der Waals surface area contributed by atoms with Crippen LogP contribution in [0.4, 0.5) is 0 Å². The van der Waals surface area contributed by atoms with E-state index in [-0.39, 0.29) is 17.2 Å². The SMILES string of the molecule is CCCOc1ccc(C(=O)CC(N)C(C)(C)C)cc1. The van der Waals surface area contributed by atoms with Gasteiger partial charge in [0, 0.05) is 18.0 Å². The van der Waals surface area contributed by atoms with E-state index < -0.39 is 0 Å². The summed E-state index contributed by atoms with van der Waals surface area (Å²) in [6.45, 7) is 8.90. The molecular formula is C16H25NO2. The van der Waals surface area contributed by atoms with Crippen molar-refractivity contribution in [3.05, 3.63) is 29.8 Å². The third-order valence-corrected chi connectivity index (χ3v) is 3.17. The van der Waals surface area contributed by atoms with Gasteiger partial charge in [0.05, 0.1) is 6.61 Å². The second-order valence-corrected chi connectivity index (χ2v) is 5.97. The Morgan fingerprint density at radius 3 is 2.32 bits per heavy atom. The van der Waals surface area contributed by atoms with Crippen LogP contribution in [-0.4, -0.2) is 18.4 Å². The maximum Gasteiger partial charge on any atom is 0.164 e. The first-order chi connectivity index (χ1) is 8.84. The van der Waals surface area contributed by atoms with Crippen LogP contribution in [0.3, 0.4) is 0 Å². The summed E-state index contributed by atoms with van der Waals surface area (Å²) in [5, 5.41) is 0. The second kappa shape index (κ2) is 6.71. The molecule has 0 fully saturated rings. The van der Waals surface area contributed by atoms with Crippen molar-refractivity contribution in [3.8, 4) is 5.75 Å². The van der Waals surface area contributed by atoms with E-state index in [9.17, 15) is 4.79 Å². The number of rotatable bonds is 6. The molecule has 1 rings (SSSR count). The van der Waals surface area contributed by atoms with Crippen molar-refractivity contribution in [2.75, 3.05) is 6.61 Å². The zero-order valence-corrected chi connectivity index (χ0v) is 12.4. The van der Waals surface area contributed by atoms with E-state index in [1.54, 1.807) is 0 Å². The van der Waals surface area contributed by atoms with Crippen molar-refractivity contribution in [2.45, 2.75) is 46.6 Å². The van der Waals surface area contributed by atoms with Gasteiger partial charge in [-0.1, -0.05) is 27.7 Å². The summed E-state index contributed by atoms with van der Waals surface area (Å²) >= 11 is 0. The van der Waals surface area contributed by atoms with Gasteiger partial charge in [-0.15, -0.1) is 0 Å². The van der Waals surface area contributed by atoms with Gasteiger partial charge in [0.25, 0.3) is 0 Å². The van der Waals surface area contributed by atoms with E-state index in [1.165, 1.54) is 0 Å². The lowest BCUT2D eigenvalue weighted by molar-refractivity contribution is 0.0953. The van der Waals surface area contributed by atoms with E-state index in [0.29, 0.717) is 18.6 Å². The Labute approximate surface area is 116 Å². The summed E-state index contributed by atoms with van der Waals surface area (Å²) in [6, 6.07) is 7.17. The first-order valence-electron chi connectivity index (χ1n) is 6.86. The number of nitrogens with two attached hydrogens (primary N) is 1. The van der Waals surface area contributed by atoms with E-state index in [2.05, 4.69) is 6.92 Å². The fourth-order valence-electron chi connectivity index (χ4n) is 1.58. The number of carbonyl (C=O) groups excluding carboxylic acids is 1. The van der Waals surface area contributed by atoms with Gasteiger partial charge >= 0.3 is 0 Å². The van der Waals surface area contributed by atoms with Crippen LogP contribution in [0.2, 0.25) is 0 Å². The van der Waals surface area contributed by atoms with Crippen molar-refractivity contribution in [2.24, 2.45) is 11.1 Å². The molecule has 106 valence electrons. The molecule has 0 heterocycles. The fourth-order valence-corrected chi connectivity index (χ4v) is 1.58. The average Bonchev–Trinajstić information content (AvgIpc) is 2.35. The maximum atomic E-state index is 12.1. The van der Waals surface area contributed by atoms with Crippen molar-refractivity contribution in [1.29, 1.82) is 0 Å². The number of hydrogen-bond donors (Lipinski definition) is 1. The molecule has 0 aliphatic rings. The Kier molecular flexibility index (Phi) is 5.55. The van der Waals surface area contributed by atoms with E-state index in [0.717, 1.165) is 12.2 Å². The predicted octanol–water partition coefficient (Wildman–Crippen LogP) is 3.42. The Morgan fingerprint density at radius 2 is 1.84 bits per heavy atom. The molecule has 3 nitrogen and oxygen atoms in total. The molecule has 1 aromatic rings. The number of ketones is 1. The minimum absolute atomic E-state index is 0.0557.